The molecule has 16 nitrogen and oxygen atoms in total. The summed E-state index contributed by atoms with van der Waals surface area (Å²) in [5.41, 5.74) is 0. The second-order valence-corrected chi connectivity index (χ2v) is 12.9. The van der Waals surface area contributed by atoms with Gasteiger partial charge in [0.2, 0.25) is 23.6 Å². The molecule has 0 spiro atoms. The van der Waals surface area contributed by atoms with Crippen LogP contribution in [-0.4, -0.2) is 109 Å². The Kier molecular flexibility index (Phi) is 30.7. The molecule has 0 aromatic heterocycles. The van der Waals surface area contributed by atoms with Crippen LogP contribution in [0.4, 0.5) is 0 Å². The van der Waals surface area contributed by atoms with Crippen molar-refractivity contribution in [2.45, 2.75) is 135 Å². The lowest BCUT2D eigenvalue weighted by Crippen LogP contribution is -2.42. The lowest BCUT2D eigenvalue weighted by atomic mass is 10.0. The lowest BCUT2D eigenvalue weighted by Gasteiger charge is -2.14. The lowest BCUT2D eigenvalue weighted by molar-refractivity contribution is -0.142. The van der Waals surface area contributed by atoms with Crippen molar-refractivity contribution in [2.24, 2.45) is 5.92 Å². The topological polar surface area (TPSA) is 247 Å². The zero-order chi connectivity index (χ0) is 38.8. The van der Waals surface area contributed by atoms with Crippen LogP contribution >= 0.6 is 0 Å². The summed E-state index contributed by atoms with van der Waals surface area (Å²) in [5, 5.41) is 37.5. The molecule has 0 saturated heterocycles. The van der Waals surface area contributed by atoms with E-state index in [1.165, 1.54) is 0 Å². The zero-order valence-corrected chi connectivity index (χ0v) is 31.1. The summed E-state index contributed by atoms with van der Waals surface area (Å²) in [6.45, 7) is 5.13. The molecule has 0 aromatic carbocycles. The van der Waals surface area contributed by atoms with Crippen LogP contribution in [0.3, 0.4) is 0 Å². The predicted molar refractivity (Wildman–Crippen MR) is 192 cm³/mol. The number of carboxylic acids is 3. The van der Waals surface area contributed by atoms with E-state index in [0.29, 0.717) is 84.6 Å². The van der Waals surface area contributed by atoms with Crippen molar-refractivity contribution in [3.63, 3.8) is 0 Å². The molecule has 4 amide bonds. The number of ether oxygens (including phenoxy) is 2. The van der Waals surface area contributed by atoms with E-state index in [-0.39, 0.29) is 49.8 Å². The Morgan fingerprint density at radius 3 is 1.46 bits per heavy atom. The van der Waals surface area contributed by atoms with Gasteiger partial charge in [-0.1, -0.05) is 39.0 Å². The molecule has 0 aliphatic heterocycles. The summed E-state index contributed by atoms with van der Waals surface area (Å²) >= 11 is 0. The molecule has 300 valence electrons. The maximum Gasteiger partial charge on any atom is 0.326 e. The summed E-state index contributed by atoms with van der Waals surface area (Å²) in [6.07, 6.45) is 10.4. The van der Waals surface area contributed by atoms with Crippen LogP contribution in [-0.2, 0) is 43.0 Å². The van der Waals surface area contributed by atoms with Gasteiger partial charge in [-0.25, -0.2) is 4.79 Å². The fourth-order valence-corrected chi connectivity index (χ4v) is 4.90. The number of aliphatic carboxylic acids is 3. The van der Waals surface area contributed by atoms with Gasteiger partial charge >= 0.3 is 17.9 Å². The number of carbonyl (C=O) groups is 7. The maximum absolute atomic E-state index is 12.2. The molecule has 0 unspecified atom stereocenters. The van der Waals surface area contributed by atoms with Crippen LogP contribution in [0.15, 0.2) is 0 Å². The summed E-state index contributed by atoms with van der Waals surface area (Å²) in [5.74, 6) is -4.60. The average Bonchev–Trinajstić information content (AvgIpc) is 3.09. The first kappa shape index (κ1) is 48.2. The van der Waals surface area contributed by atoms with Crippen molar-refractivity contribution in [3.8, 4) is 0 Å². The van der Waals surface area contributed by atoms with E-state index in [1.54, 1.807) is 6.92 Å². The molecule has 0 bridgehead atoms. The van der Waals surface area contributed by atoms with Crippen molar-refractivity contribution in [3.05, 3.63) is 0 Å². The summed E-state index contributed by atoms with van der Waals surface area (Å²) in [6, 6.07) is -1.26. The number of hydrogen-bond acceptors (Lipinski definition) is 9. The normalized spacial score (nSPS) is 12.0. The summed E-state index contributed by atoms with van der Waals surface area (Å²) < 4.78 is 11.2. The van der Waals surface area contributed by atoms with Gasteiger partial charge in [0.05, 0.1) is 5.92 Å². The third-order valence-electron chi connectivity index (χ3n) is 8.13. The molecule has 16 heteroatoms. The molecule has 2 atom stereocenters. The highest BCUT2D eigenvalue weighted by molar-refractivity contribution is 5.87. The monoisotopic (exact) mass is 744 g/mol. The minimum atomic E-state index is -1.28. The highest BCUT2D eigenvalue weighted by Crippen LogP contribution is 2.09. The molecule has 7 N–H and O–H groups in total. The van der Waals surface area contributed by atoms with E-state index >= 15 is 0 Å². The molecule has 0 fully saturated rings. The van der Waals surface area contributed by atoms with E-state index in [1.807, 2.05) is 0 Å². The predicted octanol–water partition coefficient (Wildman–Crippen LogP) is 3.15. The molecular weight excluding hydrogens is 680 g/mol. The summed E-state index contributed by atoms with van der Waals surface area (Å²) in [4.78, 5) is 81.0. The van der Waals surface area contributed by atoms with Crippen molar-refractivity contribution in [1.82, 2.24) is 21.3 Å². The molecule has 52 heavy (non-hydrogen) atoms. The van der Waals surface area contributed by atoms with Crippen LogP contribution in [0.2, 0.25) is 0 Å². The molecule has 0 aliphatic carbocycles. The van der Waals surface area contributed by atoms with E-state index in [4.69, 9.17) is 19.7 Å². The number of rotatable bonds is 36. The molecule has 0 aromatic rings. The number of carbonyl (C=O) groups excluding carboxylic acids is 4. The van der Waals surface area contributed by atoms with Crippen molar-refractivity contribution in [2.75, 3.05) is 46.1 Å². The smallest absolute Gasteiger partial charge is 0.326 e. The van der Waals surface area contributed by atoms with Gasteiger partial charge in [-0.3, -0.25) is 28.8 Å². The SMILES string of the molecule is C[C@@H](CCCCNC(=O)CC[C@H](NC(=O)CCC(=O)NCCCOCCCCOCCCNC(=O)CCCCCCCCC(=O)O)C(=O)O)C(=O)O. The Labute approximate surface area is 307 Å². The van der Waals surface area contributed by atoms with Gasteiger partial charge in [-0.05, 0) is 57.8 Å². The Hall–Kier alpha value is -3.79. The van der Waals surface area contributed by atoms with Crippen LogP contribution in [0.25, 0.3) is 0 Å². The highest BCUT2D eigenvalue weighted by Gasteiger charge is 2.21. The number of nitrogens with one attached hydrogen (secondary N) is 4. The molecule has 0 saturated carbocycles. The van der Waals surface area contributed by atoms with E-state index in [2.05, 4.69) is 21.3 Å². The van der Waals surface area contributed by atoms with Crippen LogP contribution in [0.1, 0.15) is 129 Å². The van der Waals surface area contributed by atoms with Crippen LogP contribution in [0.5, 0.6) is 0 Å². The first-order valence-corrected chi connectivity index (χ1v) is 18.8. The second-order valence-electron chi connectivity index (χ2n) is 12.9. The van der Waals surface area contributed by atoms with Gasteiger partial charge in [-0.15, -0.1) is 0 Å². The second kappa shape index (κ2) is 33.1. The number of amides is 4. The Balaban J connectivity index is 3.67. The van der Waals surface area contributed by atoms with Gasteiger partial charge in [0, 0.05) is 78.2 Å². The van der Waals surface area contributed by atoms with Crippen LogP contribution in [0, 0.1) is 5.92 Å². The Morgan fingerprint density at radius 1 is 0.462 bits per heavy atom. The highest BCUT2D eigenvalue weighted by atomic mass is 16.5. The first-order chi connectivity index (χ1) is 24.9. The Morgan fingerprint density at radius 2 is 0.923 bits per heavy atom. The zero-order valence-electron chi connectivity index (χ0n) is 31.1. The van der Waals surface area contributed by atoms with E-state index < -0.39 is 35.8 Å². The van der Waals surface area contributed by atoms with Gasteiger partial charge < -0.3 is 46.1 Å². The average molecular weight is 745 g/mol. The first-order valence-electron chi connectivity index (χ1n) is 18.8. The fraction of sp³-hybridized carbons (Fsp3) is 0.806. The molecule has 0 radical (unpaired) electrons. The van der Waals surface area contributed by atoms with Crippen LogP contribution < -0.4 is 21.3 Å². The fourth-order valence-electron chi connectivity index (χ4n) is 4.90. The number of carboxylic acid groups (broad SMARTS) is 3. The van der Waals surface area contributed by atoms with E-state index in [9.17, 15) is 38.7 Å². The molecular formula is C36H64N4O12. The van der Waals surface area contributed by atoms with Gasteiger partial charge in [0.1, 0.15) is 6.04 Å². The molecule has 0 aliphatic rings. The molecule has 0 rings (SSSR count). The van der Waals surface area contributed by atoms with Crippen molar-refractivity contribution >= 4 is 41.5 Å². The minimum Gasteiger partial charge on any atom is -0.481 e. The van der Waals surface area contributed by atoms with Gasteiger partial charge in [0.25, 0.3) is 0 Å². The third kappa shape index (κ3) is 32.1. The van der Waals surface area contributed by atoms with Gasteiger partial charge in [-0.2, -0.15) is 0 Å². The standard InChI is InChI=1S/C36H64N4O12/c1-28(35(47)48)14-8-9-21-37-31(42)18-17-29(36(49)50)40-33(44)20-19-32(43)39-23-13-27-52-25-11-10-24-51-26-12-22-38-30(41)15-6-4-2-3-5-7-16-34(45)46/h28-29H,2-27H2,1H3,(H,37,42)(H,38,41)(H,39,43)(H,40,44)(H,45,46)(H,47,48)(H,49,50)/t28-,29-/m0/s1. The number of unbranched alkanes of at least 4 members (excludes halogenated alkanes) is 7. The largest absolute Gasteiger partial charge is 0.481 e. The third-order valence-corrected chi connectivity index (χ3v) is 8.13. The summed E-state index contributed by atoms with van der Waals surface area (Å²) in [7, 11) is 0. The number of hydrogen-bond donors (Lipinski definition) is 7. The Bertz CT molecular complexity index is 1040. The maximum atomic E-state index is 12.2. The molecule has 0 heterocycles. The minimum absolute atomic E-state index is 0.0456. The van der Waals surface area contributed by atoms with Crippen molar-refractivity contribution < 1.29 is 58.4 Å². The van der Waals surface area contributed by atoms with E-state index in [0.717, 1.165) is 51.4 Å². The quantitative estimate of drug-likeness (QED) is 0.0458. The van der Waals surface area contributed by atoms with Gasteiger partial charge in [0.15, 0.2) is 0 Å². The van der Waals surface area contributed by atoms with Crippen molar-refractivity contribution in [1.29, 1.82) is 0 Å².